The van der Waals surface area contributed by atoms with E-state index in [1.54, 1.807) is 0 Å². The van der Waals surface area contributed by atoms with E-state index in [0.717, 1.165) is 21.6 Å². The fourth-order valence-electron chi connectivity index (χ4n) is 2.50. The van der Waals surface area contributed by atoms with Gasteiger partial charge in [0.2, 0.25) is 0 Å². The van der Waals surface area contributed by atoms with Gasteiger partial charge in [-0.3, -0.25) is 0 Å². The molecule has 0 radical (unpaired) electrons. The van der Waals surface area contributed by atoms with Gasteiger partial charge >= 0.3 is 0 Å². The van der Waals surface area contributed by atoms with Gasteiger partial charge in [-0.15, -0.1) is 11.3 Å². The molecule has 0 amide bonds. The first kappa shape index (κ1) is 14.4. The first-order valence-electron chi connectivity index (χ1n) is 6.88. The lowest BCUT2D eigenvalue weighted by atomic mass is 9.98. The molecule has 0 saturated carbocycles. The van der Waals surface area contributed by atoms with Crippen molar-refractivity contribution < 1.29 is 9.90 Å². The van der Waals surface area contributed by atoms with Crippen LogP contribution >= 0.6 is 11.3 Å². The minimum Gasteiger partial charge on any atom is -0.545 e. The van der Waals surface area contributed by atoms with Gasteiger partial charge in [0.25, 0.3) is 0 Å². The van der Waals surface area contributed by atoms with Crippen molar-refractivity contribution in [2.45, 2.75) is 6.42 Å². The molecule has 0 spiro atoms. The van der Waals surface area contributed by atoms with Gasteiger partial charge in [0.05, 0.1) is 11.0 Å². The normalized spacial score (nSPS) is 10.5. The van der Waals surface area contributed by atoms with Crippen LogP contribution in [0.25, 0.3) is 10.4 Å². The molecule has 0 atom stereocenters. The van der Waals surface area contributed by atoms with Crippen molar-refractivity contribution in [2.75, 3.05) is 5.73 Å². The van der Waals surface area contributed by atoms with Crippen molar-refractivity contribution in [1.82, 2.24) is 0 Å². The Balaban J connectivity index is 2.15. The van der Waals surface area contributed by atoms with Crippen molar-refractivity contribution in [3.8, 4) is 10.4 Å². The molecule has 0 aliphatic carbocycles. The van der Waals surface area contributed by atoms with E-state index in [1.807, 2.05) is 60.7 Å². The zero-order chi connectivity index (χ0) is 15.5. The number of nitrogens with two attached hydrogens (primary N) is 1. The van der Waals surface area contributed by atoms with E-state index in [-0.39, 0.29) is 5.56 Å². The summed E-state index contributed by atoms with van der Waals surface area (Å²) in [7, 11) is 0. The number of benzene rings is 2. The molecular formula is C18H14NO2S-. The van der Waals surface area contributed by atoms with Crippen LogP contribution in [0.1, 0.15) is 21.5 Å². The number of carboxylic acid groups (broad SMARTS) is 1. The lowest BCUT2D eigenvalue weighted by Gasteiger charge is -2.09. The van der Waals surface area contributed by atoms with E-state index in [2.05, 4.69) is 0 Å². The third kappa shape index (κ3) is 2.73. The van der Waals surface area contributed by atoms with Gasteiger partial charge in [-0.2, -0.15) is 0 Å². The van der Waals surface area contributed by atoms with Crippen molar-refractivity contribution >= 4 is 22.3 Å². The van der Waals surface area contributed by atoms with Crippen LogP contribution in [0.15, 0.2) is 60.7 Å². The molecule has 1 aromatic heterocycles. The molecule has 4 heteroatoms. The molecule has 22 heavy (non-hydrogen) atoms. The second kappa shape index (κ2) is 6.03. The maximum atomic E-state index is 11.5. The molecule has 0 aliphatic heterocycles. The number of thiophene rings is 1. The Hall–Kier alpha value is -2.59. The Labute approximate surface area is 132 Å². The molecule has 0 saturated heterocycles. The lowest BCUT2D eigenvalue weighted by Crippen LogP contribution is -2.24. The van der Waals surface area contributed by atoms with E-state index in [9.17, 15) is 9.90 Å². The number of nitrogen functional groups attached to an aromatic ring is 1. The van der Waals surface area contributed by atoms with Crippen LogP contribution in [0.5, 0.6) is 0 Å². The zero-order valence-electron chi connectivity index (χ0n) is 11.8. The Kier molecular flexibility index (Phi) is 3.94. The molecule has 0 unspecified atom stereocenters. The van der Waals surface area contributed by atoms with Crippen LogP contribution in [0.4, 0.5) is 5.00 Å². The highest BCUT2D eigenvalue weighted by molar-refractivity contribution is 7.19. The number of carbonyl (C=O) groups excluding carboxylic acids is 1. The van der Waals surface area contributed by atoms with Crippen LogP contribution in [-0.4, -0.2) is 5.97 Å². The second-order valence-electron chi connectivity index (χ2n) is 4.96. The minimum atomic E-state index is -1.22. The van der Waals surface area contributed by atoms with Crippen LogP contribution in [0.3, 0.4) is 0 Å². The molecule has 0 fully saturated rings. The standard InChI is InChI=1S/C18H15NO2S/c19-17-15(18(20)21)14(11-12-7-3-1-4-8-12)16(22-17)13-9-5-2-6-10-13/h1-10H,11,19H2,(H,20,21)/p-1. The third-order valence-electron chi connectivity index (χ3n) is 3.50. The molecule has 0 aliphatic rings. The summed E-state index contributed by atoms with van der Waals surface area (Å²) >= 11 is 1.30. The smallest absolute Gasteiger partial charge is 0.0957 e. The SMILES string of the molecule is Nc1sc(-c2ccccc2)c(Cc2ccccc2)c1C(=O)[O-]. The molecular weight excluding hydrogens is 294 g/mol. The van der Waals surface area contributed by atoms with Gasteiger partial charge in [-0.25, -0.2) is 0 Å². The number of aromatic carboxylic acids is 1. The van der Waals surface area contributed by atoms with E-state index < -0.39 is 5.97 Å². The number of rotatable bonds is 4. The maximum absolute atomic E-state index is 11.5. The molecule has 3 nitrogen and oxygen atoms in total. The topological polar surface area (TPSA) is 66.2 Å². The Morgan fingerprint density at radius 3 is 2.18 bits per heavy atom. The monoisotopic (exact) mass is 308 g/mol. The van der Waals surface area contributed by atoms with Crippen molar-refractivity contribution in [3.63, 3.8) is 0 Å². The largest absolute Gasteiger partial charge is 0.545 e. The fraction of sp³-hybridized carbons (Fsp3) is 0.0556. The summed E-state index contributed by atoms with van der Waals surface area (Å²) in [4.78, 5) is 12.4. The predicted molar refractivity (Wildman–Crippen MR) is 87.7 cm³/mol. The maximum Gasteiger partial charge on any atom is 0.0957 e. The second-order valence-corrected chi connectivity index (χ2v) is 6.02. The molecule has 3 aromatic rings. The van der Waals surface area contributed by atoms with Gasteiger partial charge in [0.1, 0.15) is 0 Å². The number of hydrogen-bond acceptors (Lipinski definition) is 4. The highest BCUT2D eigenvalue weighted by Gasteiger charge is 2.18. The van der Waals surface area contributed by atoms with E-state index >= 15 is 0 Å². The highest BCUT2D eigenvalue weighted by atomic mass is 32.1. The predicted octanol–water partition coefficient (Wildman–Crippen LogP) is 2.95. The van der Waals surface area contributed by atoms with Gasteiger partial charge in [-0.1, -0.05) is 60.7 Å². The summed E-state index contributed by atoms with van der Waals surface area (Å²) in [6, 6.07) is 19.5. The molecule has 0 bridgehead atoms. The number of carboxylic acids is 1. The first-order chi connectivity index (χ1) is 10.7. The average Bonchev–Trinajstić information content (AvgIpc) is 2.86. The van der Waals surface area contributed by atoms with Crippen LogP contribution in [-0.2, 0) is 6.42 Å². The zero-order valence-corrected chi connectivity index (χ0v) is 12.6. The van der Waals surface area contributed by atoms with E-state index in [4.69, 9.17) is 5.73 Å². The summed E-state index contributed by atoms with van der Waals surface area (Å²) in [6.45, 7) is 0. The number of anilines is 1. The highest BCUT2D eigenvalue weighted by Crippen LogP contribution is 2.39. The summed E-state index contributed by atoms with van der Waals surface area (Å²) in [6.07, 6.45) is 0.516. The summed E-state index contributed by atoms with van der Waals surface area (Å²) < 4.78 is 0. The Bertz CT molecular complexity index is 795. The molecule has 2 aromatic carbocycles. The van der Waals surface area contributed by atoms with Gasteiger partial charge in [0, 0.05) is 10.4 Å². The average molecular weight is 308 g/mol. The fourth-order valence-corrected chi connectivity index (χ4v) is 3.58. The Morgan fingerprint density at radius 2 is 1.59 bits per heavy atom. The lowest BCUT2D eigenvalue weighted by molar-refractivity contribution is -0.254. The van der Waals surface area contributed by atoms with Crippen LogP contribution < -0.4 is 10.8 Å². The molecule has 1 heterocycles. The van der Waals surface area contributed by atoms with E-state index in [0.29, 0.717) is 11.4 Å². The van der Waals surface area contributed by atoms with Crippen LogP contribution in [0.2, 0.25) is 0 Å². The quantitative estimate of drug-likeness (QED) is 0.806. The van der Waals surface area contributed by atoms with Gasteiger partial charge < -0.3 is 15.6 Å². The Morgan fingerprint density at radius 1 is 1.00 bits per heavy atom. The first-order valence-corrected chi connectivity index (χ1v) is 7.70. The summed E-state index contributed by atoms with van der Waals surface area (Å²) in [5, 5.41) is 11.8. The van der Waals surface area contributed by atoms with Gasteiger partial charge in [-0.05, 0) is 23.1 Å². The summed E-state index contributed by atoms with van der Waals surface area (Å²) in [5.74, 6) is -1.22. The van der Waals surface area contributed by atoms with Crippen molar-refractivity contribution in [3.05, 3.63) is 77.4 Å². The number of hydrogen-bond donors (Lipinski definition) is 1. The van der Waals surface area contributed by atoms with E-state index in [1.165, 1.54) is 11.3 Å². The molecule has 2 N–H and O–H groups in total. The summed E-state index contributed by atoms with van der Waals surface area (Å²) in [5.41, 5.74) is 8.78. The van der Waals surface area contributed by atoms with Crippen molar-refractivity contribution in [1.29, 1.82) is 0 Å². The third-order valence-corrected chi connectivity index (χ3v) is 4.61. The van der Waals surface area contributed by atoms with Crippen LogP contribution in [0, 0.1) is 0 Å². The molecule has 110 valence electrons. The van der Waals surface area contributed by atoms with Gasteiger partial charge in [0.15, 0.2) is 0 Å². The number of carbonyl (C=O) groups is 1. The minimum absolute atomic E-state index is 0.118. The van der Waals surface area contributed by atoms with Crippen molar-refractivity contribution in [2.24, 2.45) is 0 Å². The molecule has 3 rings (SSSR count).